The monoisotopic (exact) mass is 254 g/mol. The fourth-order valence-corrected chi connectivity index (χ4v) is 0. The van der Waals surface area contributed by atoms with Gasteiger partial charge in [0.2, 0.25) is 0 Å². The molecule has 4 N–H and O–H groups in total. The molecule has 0 saturated heterocycles. The molecule has 0 radical (unpaired) electrons. The minimum absolute atomic E-state index is 0. The molecule has 0 aromatic rings. The zero-order valence-corrected chi connectivity index (χ0v) is 13.4. The predicted octanol–water partition coefficient (Wildman–Crippen LogP) is -9.92. The maximum atomic E-state index is 8.74. The molecule has 11 heteroatoms. The van der Waals surface area contributed by atoms with Gasteiger partial charge in [0.25, 0.3) is 0 Å². The molecular weight excluding hydrogens is 250 g/mol. The molecular formula is CH4K2O8S. The molecule has 0 rings (SSSR count). The van der Waals surface area contributed by atoms with Gasteiger partial charge in [0.05, 0.1) is 0 Å². The Morgan fingerprint density at radius 3 is 1.08 bits per heavy atom. The quantitative estimate of drug-likeness (QED) is 0.319. The number of carbonyl (C=O) groups is 1. The van der Waals surface area contributed by atoms with Crippen molar-refractivity contribution in [1.82, 2.24) is 0 Å². The van der Waals surface area contributed by atoms with E-state index < -0.39 is 16.6 Å². The van der Waals surface area contributed by atoms with E-state index in [1.54, 1.807) is 0 Å². The average molecular weight is 254 g/mol. The fourth-order valence-electron chi connectivity index (χ4n) is 0. The van der Waals surface area contributed by atoms with Gasteiger partial charge in [-0.05, 0) is 6.16 Å². The van der Waals surface area contributed by atoms with Gasteiger partial charge in [-0.25, -0.2) is 0 Å². The van der Waals surface area contributed by atoms with Crippen LogP contribution in [0.25, 0.3) is 0 Å². The molecule has 0 amide bonds. The molecule has 0 saturated carbocycles. The summed E-state index contributed by atoms with van der Waals surface area (Å²) in [6.45, 7) is 0. The summed E-state index contributed by atoms with van der Waals surface area (Å²) in [6.07, 6.45) is -2.33. The minimum atomic E-state index is -4.67. The summed E-state index contributed by atoms with van der Waals surface area (Å²) in [5, 5.41) is 16.7. The second-order valence-electron chi connectivity index (χ2n) is 0.698. The Balaban J connectivity index is -0.0000000221. The van der Waals surface area contributed by atoms with Crippen molar-refractivity contribution in [3.63, 3.8) is 0 Å². The van der Waals surface area contributed by atoms with E-state index in [1.165, 1.54) is 0 Å². The van der Waals surface area contributed by atoms with Crippen LogP contribution in [0.1, 0.15) is 0 Å². The number of carboxylic acid groups (broad SMARTS) is 2. The third-order valence-corrected chi connectivity index (χ3v) is 0. The van der Waals surface area contributed by atoms with Crippen LogP contribution >= 0.6 is 0 Å². The molecule has 0 fully saturated rings. The molecule has 8 nitrogen and oxygen atoms in total. The Labute approximate surface area is 153 Å². The smallest absolute Gasteiger partial charge is 0.652 e. The number of hydrogen-bond donors (Lipinski definition) is 2. The van der Waals surface area contributed by atoms with Crippen LogP contribution in [-0.4, -0.2) is 29.2 Å². The first kappa shape index (κ1) is 29.3. The summed E-state index contributed by atoms with van der Waals surface area (Å²) >= 11 is 0. The van der Waals surface area contributed by atoms with Gasteiger partial charge >= 0.3 is 113 Å². The molecule has 0 aliphatic carbocycles. The molecule has 0 aromatic heterocycles. The second kappa shape index (κ2) is 15.8. The van der Waals surface area contributed by atoms with Gasteiger partial charge in [0.1, 0.15) is 0 Å². The van der Waals surface area contributed by atoms with E-state index in [2.05, 4.69) is 0 Å². The van der Waals surface area contributed by atoms with Gasteiger partial charge < -0.3 is 20.5 Å². The van der Waals surface area contributed by atoms with Crippen molar-refractivity contribution in [2.75, 3.05) is 0 Å². The molecule has 64 valence electrons. The van der Waals surface area contributed by atoms with Crippen LogP contribution in [0, 0.1) is 0 Å². The fraction of sp³-hybridized carbons (Fsp3) is 0. The van der Waals surface area contributed by atoms with Crippen molar-refractivity contribution in [2.24, 2.45) is 0 Å². The van der Waals surface area contributed by atoms with E-state index in [-0.39, 0.29) is 108 Å². The molecule has 0 aromatic carbocycles. The van der Waals surface area contributed by atoms with Crippen LogP contribution in [0.4, 0.5) is 4.79 Å². The SMILES string of the molecule is O.O=C([O-])[O-].O=S(=O)(O)O.[K+].[K+]. The van der Waals surface area contributed by atoms with E-state index in [4.69, 9.17) is 32.5 Å². The Morgan fingerprint density at radius 1 is 1.08 bits per heavy atom. The van der Waals surface area contributed by atoms with E-state index in [0.717, 1.165) is 0 Å². The molecule has 0 bridgehead atoms. The molecule has 0 aliphatic heterocycles. The molecule has 12 heavy (non-hydrogen) atoms. The van der Waals surface area contributed by atoms with Crippen LogP contribution in [0.3, 0.4) is 0 Å². The van der Waals surface area contributed by atoms with Crippen molar-refractivity contribution in [3.8, 4) is 0 Å². The standard InChI is InChI=1S/CH2O3.2K.H2O4S.H2O/c2-1(3)4;;;1-5(2,3)4;/h(H2,2,3,4);;;(H2,1,2,3,4);1H2/q;2*+1;;/p-2. The van der Waals surface area contributed by atoms with Gasteiger partial charge in [-0.15, -0.1) is 0 Å². The molecule has 0 spiro atoms. The number of rotatable bonds is 0. The normalized spacial score (nSPS) is 6.83. The zero-order valence-electron chi connectivity index (χ0n) is 6.34. The topological polar surface area (TPSA) is 169 Å². The number of hydrogen-bond acceptors (Lipinski definition) is 5. The van der Waals surface area contributed by atoms with E-state index in [1.807, 2.05) is 0 Å². The number of carbonyl (C=O) groups excluding carboxylic acids is 1. The predicted molar refractivity (Wildman–Crippen MR) is 23.2 cm³/mol. The van der Waals surface area contributed by atoms with Gasteiger partial charge in [0.15, 0.2) is 0 Å². The first-order valence-corrected chi connectivity index (χ1v) is 2.71. The second-order valence-corrected chi connectivity index (χ2v) is 1.59. The van der Waals surface area contributed by atoms with Crippen LogP contribution in [0.15, 0.2) is 0 Å². The Hall–Kier alpha value is 2.37. The van der Waals surface area contributed by atoms with Gasteiger partial charge in [-0.2, -0.15) is 8.42 Å². The summed E-state index contributed by atoms with van der Waals surface area (Å²) in [7, 11) is -4.67. The summed E-state index contributed by atoms with van der Waals surface area (Å²) in [5.74, 6) is 0. The van der Waals surface area contributed by atoms with Crippen LogP contribution in [0.2, 0.25) is 0 Å². The third kappa shape index (κ3) is 284. The Bertz CT molecular complexity index is 159. The van der Waals surface area contributed by atoms with Crippen LogP contribution in [-0.2, 0) is 10.4 Å². The minimum Gasteiger partial charge on any atom is -0.652 e. The Kier molecular flexibility index (Phi) is 38.6. The molecule has 0 atom stereocenters. The van der Waals surface area contributed by atoms with Crippen molar-refractivity contribution in [3.05, 3.63) is 0 Å². The van der Waals surface area contributed by atoms with Crippen molar-refractivity contribution < 1.29 is 141 Å². The zero-order chi connectivity index (χ0) is 8.08. The van der Waals surface area contributed by atoms with Crippen molar-refractivity contribution in [1.29, 1.82) is 0 Å². The van der Waals surface area contributed by atoms with E-state index in [0.29, 0.717) is 0 Å². The van der Waals surface area contributed by atoms with Gasteiger partial charge in [0, 0.05) is 0 Å². The molecule has 0 aliphatic rings. The summed E-state index contributed by atoms with van der Waals surface area (Å²) in [6, 6.07) is 0. The van der Waals surface area contributed by atoms with Crippen molar-refractivity contribution >= 4 is 16.6 Å². The van der Waals surface area contributed by atoms with Gasteiger partial charge in [-0.1, -0.05) is 0 Å². The first-order chi connectivity index (χ1) is 3.73. The van der Waals surface area contributed by atoms with Crippen LogP contribution < -0.4 is 113 Å². The average Bonchev–Trinajstić information content (AvgIpc) is 1.19. The van der Waals surface area contributed by atoms with Crippen molar-refractivity contribution in [2.45, 2.75) is 0 Å². The first-order valence-electron chi connectivity index (χ1n) is 1.31. The van der Waals surface area contributed by atoms with Crippen LogP contribution in [0.5, 0.6) is 0 Å². The largest absolute Gasteiger partial charge is 1.00 e. The maximum Gasteiger partial charge on any atom is 1.00 e. The van der Waals surface area contributed by atoms with E-state index >= 15 is 0 Å². The summed E-state index contributed by atoms with van der Waals surface area (Å²) in [4.78, 5) is 8.33. The third-order valence-electron chi connectivity index (χ3n) is 0. The molecule has 0 heterocycles. The summed E-state index contributed by atoms with van der Waals surface area (Å²) < 4.78 is 31.6. The van der Waals surface area contributed by atoms with E-state index in [9.17, 15) is 0 Å². The summed E-state index contributed by atoms with van der Waals surface area (Å²) in [5.41, 5.74) is 0. The van der Waals surface area contributed by atoms with Gasteiger partial charge in [-0.3, -0.25) is 9.11 Å². The Morgan fingerprint density at radius 2 is 1.08 bits per heavy atom. The maximum absolute atomic E-state index is 8.74. The molecule has 0 unspecified atom stereocenters.